The van der Waals surface area contributed by atoms with Crippen molar-refractivity contribution in [3.05, 3.63) is 35.4 Å². The van der Waals surface area contributed by atoms with Crippen LogP contribution in [0.4, 0.5) is 0 Å². The molecule has 0 fully saturated rings. The molecule has 0 bridgehead atoms. The van der Waals surface area contributed by atoms with Crippen molar-refractivity contribution in [3.63, 3.8) is 0 Å². The first kappa shape index (κ1) is 10.7. The minimum absolute atomic E-state index is 0.280. The molecule has 76 valence electrons. The zero-order valence-electron chi connectivity index (χ0n) is 8.58. The average Bonchev–Trinajstić information content (AvgIpc) is 2.16. The number of nitrogens with one attached hydrogen (secondary N) is 1. The summed E-state index contributed by atoms with van der Waals surface area (Å²) in [5.74, 6) is -0.312. The summed E-state index contributed by atoms with van der Waals surface area (Å²) >= 11 is 0. The van der Waals surface area contributed by atoms with Gasteiger partial charge >= 0.3 is 0 Å². The van der Waals surface area contributed by atoms with Crippen LogP contribution < -0.4 is 11.1 Å². The molecule has 0 radical (unpaired) electrons. The lowest BCUT2D eigenvalue weighted by Gasteiger charge is -2.11. The van der Waals surface area contributed by atoms with Crippen molar-refractivity contribution in [2.45, 2.75) is 19.4 Å². The fraction of sp³-hybridized carbons (Fsp3) is 0.364. The van der Waals surface area contributed by atoms with Crippen LogP contribution in [-0.4, -0.2) is 19.0 Å². The highest BCUT2D eigenvalue weighted by molar-refractivity contribution is 5.80. The molecule has 0 aliphatic rings. The molecule has 0 heterocycles. The summed E-state index contributed by atoms with van der Waals surface area (Å²) in [7, 11) is 1.74. The molecule has 3 nitrogen and oxygen atoms in total. The predicted molar refractivity (Wildman–Crippen MR) is 56.9 cm³/mol. The van der Waals surface area contributed by atoms with E-state index in [2.05, 4.69) is 5.32 Å². The highest BCUT2D eigenvalue weighted by Gasteiger charge is 2.12. The monoisotopic (exact) mass is 192 g/mol. The van der Waals surface area contributed by atoms with Crippen LogP contribution >= 0.6 is 0 Å². The zero-order chi connectivity index (χ0) is 10.6. The molecule has 0 spiro atoms. The van der Waals surface area contributed by atoms with Crippen LogP contribution in [0.15, 0.2) is 24.3 Å². The van der Waals surface area contributed by atoms with Crippen molar-refractivity contribution in [2.24, 2.45) is 5.73 Å². The maximum absolute atomic E-state index is 11.0. The molecule has 3 heteroatoms. The van der Waals surface area contributed by atoms with Crippen molar-refractivity contribution in [3.8, 4) is 0 Å². The summed E-state index contributed by atoms with van der Waals surface area (Å²) in [5.41, 5.74) is 7.56. The second-order valence-electron chi connectivity index (χ2n) is 3.43. The van der Waals surface area contributed by atoms with Crippen LogP contribution in [0.2, 0.25) is 0 Å². The van der Waals surface area contributed by atoms with E-state index in [0.717, 1.165) is 5.56 Å². The molecular formula is C11H16N2O. The number of aryl methyl sites for hydroxylation is 1. The number of rotatable bonds is 4. The van der Waals surface area contributed by atoms with Crippen molar-refractivity contribution >= 4 is 5.91 Å². The Labute approximate surface area is 84.3 Å². The molecule has 1 atom stereocenters. The van der Waals surface area contributed by atoms with E-state index < -0.39 is 0 Å². The van der Waals surface area contributed by atoms with Gasteiger partial charge < -0.3 is 11.1 Å². The quantitative estimate of drug-likeness (QED) is 0.734. The van der Waals surface area contributed by atoms with Gasteiger partial charge in [0.1, 0.15) is 0 Å². The summed E-state index contributed by atoms with van der Waals surface area (Å²) < 4.78 is 0. The highest BCUT2D eigenvalue weighted by Crippen LogP contribution is 2.05. The summed E-state index contributed by atoms with van der Waals surface area (Å²) in [6.45, 7) is 2.04. The Morgan fingerprint density at radius 3 is 2.43 bits per heavy atom. The van der Waals surface area contributed by atoms with E-state index in [1.165, 1.54) is 5.56 Å². The lowest BCUT2D eigenvalue weighted by Crippen LogP contribution is -2.40. The summed E-state index contributed by atoms with van der Waals surface area (Å²) in [5, 5.41) is 2.89. The second kappa shape index (κ2) is 4.77. The van der Waals surface area contributed by atoms with Gasteiger partial charge in [-0.05, 0) is 26.0 Å². The highest BCUT2D eigenvalue weighted by atomic mass is 16.1. The number of benzene rings is 1. The maximum atomic E-state index is 11.0. The molecule has 0 unspecified atom stereocenters. The van der Waals surface area contributed by atoms with Crippen molar-refractivity contribution in [1.29, 1.82) is 0 Å². The molecule has 1 amide bonds. The first-order chi connectivity index (χ1) is 6.63. The van der Waals surface area contributed by atoms with Crippen molar-refractivity contribution in [2.75, 3.05) is 7.05 Å². The molecule has 1 rings (SSSR count). The van der Waals surface area contributed by atoms with Crippen LogP contribution in [0, 0.1) is 6.92 Å². The minimum atomic E-state index is -0.312. The number of carbonyl (C=O) groups is 1. The Morgan fingerprint density at radius 2 is 2.00 bits per heavy atom. The smallest absolute Gasteiger partial charge is 0.234 e. The molecule has 0 aliphatic carbocycles. The number of nitrogens with two attached hydrogens (primary N) is 1. The topological polar surface area (TPSA) is 55.1 Å². The van der Waals surface area contributed by atoms with E-state index in [1.54, 1.807) is 7.05 Å². The summed E-state index contributed by atoms with van der Waals surface area (Å²) in [6, 6.07) is 7.81. The molecule has 0 aliphatic heterocycles. The Hall–Kier alpha value is -1.35. The number of carbonyl (C=O) groups excluding carboxylic acids is 1. The van der Waals surface area contributed by atoms with Gasteiger partial charge in [-0.3, -0.25) is 4.79 Å². The molecule has 3 N–H and O–H groups in total. The summed E-state index contributed by atoms with van der Waals surface area (Å²) in [6.07, 6.45) is 0.645. The number of hydrogen-bond acceptors (Lipinski definition) is 2. The third-order valence-corrected chi connectivity index (χ3v) is 2.25. The molecule has 14 heavy (non-hydrogen) atoms. The van der Waals surface area contributed by atoms with Gasteiger partial charge in [0, 0.05) is 0 Å². The standard InChI is InChI=1S/C11H16N2O/c1-8-3-5-9(6-4-8)7-10(13-2)11(12)14/h3-6,10,13H,7H2,1-2H3,(H2,12,14)/t10-/m1/s1. The van der Waals surface area contributed by atoms with E-state index >= 15 is 0 Å². The molecule has 0 saturated heterocycles. The molecule has 1 aromatic carbocycles. The Bertz CT molecular complexity index is 306. The normalized spacial score (nSPS) is 12.4. The Morgan fingerprint density at radius 1 is 1.43 bits per heavy atom. The van der Waals surface area contributed by atoms with Gasteiger partial charge in [-0.2, -0.15) is 0 Å². The SMILES string of the molecule is CN[C@H](Cc1ccc(C)cc1)C(N)=O. The Balaban J connectivity index is 2.67. The third-order valence-electron chi connectivity index (χ3n) is 2.25. The van der Waals surface area contributed by atoms with Gasteiger partial charge in [-0.25, -0.2) is 0 Å². The first-order valence-electron chi connectivity index (χ1n) is 4.65. The van der Waals surface area contributed by atoms with E-state index in [-0.39, 0.29) is 11.9 Å². The lowest BCUT2D eigenvalue weighted by molar-refractivity contribution is -0.119. The second-order valence-corrected chi connectivity index (χ2v) is 3.43. The fourth-order valence-electron chi connectivity index (χ4n) is 1.30. The Kier molecular flexibility index (Phi) is 3.65. The van der Waals surface area contributed by atoms with E-state index in [9.17, 15) is 4.79 Å². The molecule has 1 aromatic rings. The van der Waals surface area contributed by atoms with Crippen LogP contribution in [0.25, 0.3) is 0 Å². The van der Waals surface area contributed by atoms with Gasteiger partial charge in [0.15, 0.2) is 0 Å². The van der Waals surface area contributed by atoms with Crippen LogP contribution in [0.3, 0.4) is 0 Å². The van der Waals surface area contributed by atoms with Crippen LogP contribution in [0.5, 0.6) is 0 Å². The average molecular weight is 192 g/mol. The maximum Gasteiger partial charge on any atom is 0.234 e. The largest absolute Gasteiger partial charge is 0.368 e. The number of primary amides is 1. The number of amides is 1. The lowest BCUT2D eigenvalue weighted by atomic mass is 10.0. The van der Waals surface area contributed by atoms with E-state index in [4.69, 9.17) is 5.73 Å². The van der Waals surface area contributed by atoms with Crippen molar-refractivity contribution < 1.29 is 4.79 Å². The fourth-order valence-corrected chi connectivity index (χ4v) is 1.30. The van der Waals surface area contributed by atoms with Gasteiger partial charge in [0.25, 0.3) is 0 Å². The van der Waals surface area contributed by atoms with Gasteiger partial charge in [0.2, 0.25) is 5.91 Å². The summed E-state index contributed by atoms with van der Waals surface area (Å²) in [4.78, 5) is 11.0. The van der Waals surface area contributed by atoms with Gasteiger partial charge in [0.05, 0.1) is 6.04 Å². The zero-order valence-corrected chi connectivity index (χ0v) is 8.58. The minimum Gasteiger partial charge on any atom is -0.368 e. The third kappa shape index (κ3) is 2.85. The predicted octanol–water partition coefficient (Wildman–Crippen LogP) is 0.611. The van der Waals surface area contributed by atoms with E-state index in [0.29, 0.717) is 6.42 Å². The van der Waals surface area contributed by atoms with Gasteiger partial charge in [-0.1, -0.05) is 29.8 Å². The molecule has 0 aromatic heterocycles. The van der Waals surface area contributed by atoms with Crippen LogP contribution in [0.1, 0.15) is 11.1 Å². The molecular weight excluding hydrogens is 176 g/mol. The van der Waals surface area contributed by atoms with Crippen molar-refractivity contribution in [1.82, 2.24) is 5.32 Å². The molecule has 0 saturated carbocycles. The number of likely N-dealkylation sites (N-methyl/N-ethyl adjacent to an activating group) is 1. The van der Waals surface area contributed by atoms with Crippen LogP contribution in [-0.2, 0) is 11.2 Å². The number of hydrogen-bond donors (Lipinski definition) is 2. The van der Waals surface area contributed by atoms with E-state index in [1.807, 2.05) is 31.2 Å². The van der Waals surface area contributed by atoms with Gasteiger partial charge in [-0.15, -0.1) is 0 Å². The first-order valence-corrected chi connectivity index (χ1v) is 4.65.